The molecule has 1 fully saturated rings. The van der Waals surface area contributed by atoms with Crippen LogP contribution in [0.3, 0.4) is 0 Å². The van der Waals surface area contributed by atoms with Gasteiger partial charge in [0.2, 0.25) is 0 Å². The summed E-state index contributed by atoms with van der Waals surface area (Å²) in [6.45, 7) is 7.97. The van der Waals surface area contributed by atoms with Gasteiger partial charge in [-0.15, -0.1) is 11.3 Å². The summed E-state index contributed by atoms with van der Waals surface area (Å²) in [5, 5.41) is 8.74. The van der Waals surface area contributed by atoms with Crippen LogP contribution in [0.4, 0.5) is 0 Å². The van der Waals surface area contributed by atoms with Gasteiger partial charge in [0, 0.05) is 13.1 Å². The lowest BCUT2D eigenvalue weighted by Crippen LogP contribution is -2.28. The Labute approximate surface area is 124 Å². The van der Waals surface area contributed by atoms with Crippen molar-refractivity contribution < 1.29 is 9.90 Å². The van der Waals surface area contributed by atoms with Gasteiger partial charge in [-0.3, -0.25) is 4.79 Å². The van der Waals surface area contributed by atoms with Crippen LogP contribution in [0, 0.1) is 30.6 Å². The third-order valence-electron chi connectivity index (χ3n) is 3.86. The van der Waals surface area contributed by atoms with Crippen LogP contribution < -0.4 is 0 Å². The summed E-state index contributed by atoms with van der Waals surface area (Å²) in [6, 6.07) is 1.91. The van der Waals surface area contributed by atoms with E-state index < -0.39 is 0 Å². The molecule has 1 saturated heterocycles. The molecule has 1 amide bonds. The molecule has 0 aromatic carbocycles. The highest BCUT2D eigenvalue weighted by Gasteiger charge is 2.29. The van der Waals surface area contributed by atoms with Gasteiger partial charge in [-0.25, -0.2) is 0 Å². The first kappa shape index (κ1) is 15.1. The lowest BCUT2D eigenvalue weighted by molar-refractivity contribution is 0.0788. The number of likely N-dealkylation sites (tertiary alicyclic amines) is 1. The summed E-state index contributed by atoms with van der Waals surface area (Å²) in [5.74, 6) is 6.91. The minimum atomic E-state index is -0.150. The second-order valence-electron chi connectivity index (χ2n) is 5.63. The van der Waals surface area contributed by atoms with Crippen LogP contribution in [-0.2, 0) is 0 Å². The average molecular weight is 291 g/mol. The Morgan fingerprint density at radius 3 is 2.95 bits per heavy atom. The van der Waals surface area contributed by atoms with Crippen molar-refractivity contribution >= 4 is 17.2 Å². The van der Waals surface area contributed by atoms with Gasteiger partial charge >= 0.3 is 0 Å². The van der Waals surface area contributed by atoms with E-state index in [0.717, 1.165) is 34.8 Å². The van der Waals surface area contributed by atoms with Gasteiger partial charge in [-0.05, 0) is 36.8 Å². The zero-order valence-corrected chi connectivity index (χ0v) is 13.1. The standard InChI is InChI=1S/C16H21NO2S/c1-11(2)13-6-7-17(10-13)16(19)15-9-12(3)14(20-15)5-4-8-18/h9,11,13,18H,6-8,10H2,1-3H3. The second-order valence-corrected chi connectivity index (χ2v) is 6.68. The number of carbonyl (C=O) groups is 1. The second kappa shape index (κ2) is 6.43. The van der Waals surface area contributed by atoms with Crippen molar-refractivity contribution in [1.82, 2.24) is 4.90 Å². The number of aryl methyl sites for hydroxylation is 1. The number of thiophene rings is 1. The molecule has 0 radical (unpaired) electrons. The summed E-state index contributed by atoms with van der Waals surface area (Å²) in [7, 11) is 0. The van der Waals surface area contributed by atoms with Gasteiger partial charge in [0.15, 0.2) is 0 Å². The maximum Gasteiger partial charge on any atom is 0.263 e. The molecule has 2 rings (SSSR count). The molecule has 1 aliphatic heterocycles. The van der Waals surface area contributed by atoms with Crippen molar-refractivity contribution in [1.29, 1.82) is 0 Å². The normalized spacial score (nSPS) is 18.2. The van der Waals surface area contributed by atoms with Crippen molar-refractivity contribution in [2.45, 2.75) is 27.2 Å². The number of rotatable bonds is 2. The minimum absolute atomic E-state index is 0.123. The Hall–Kier alpha value is -1.31. The first-order valence-electron chi connectivity index (χ1n) is 7.02. The summed E-state index contributed by atoms with van der Waals surface area (Å²) >= 11 is 1.43. The molecule has 3 nitrogen and oxygen atoms in total. The predicted molar refractivity (Wildman–Crippen MR) is 81.9 cm³/mol. The van der Waals surface area contributed by atoms with Crippen molar-refractivity contribution in [2.24, 2.45) is 11.8 Å². The van der Waals surface area contributed by atoms with Crippen LogP contribution >= 0.6 is 11.3 Å². The number of aliphatic hydroxyl groups is 1. The lowest BCUT2D eigenvalue weighted by Gasteiger charge is -2.17. The van der Waals surface area contributed by atoms with Crippen LogP contribution in [-0.4, -0.2) is 35.6 Å². The van der Waals surface area contributed by atoms with Crippen LogP contribution in [0.2, 0.25) is 0 Å². The van der Waals surface area contributed by atoms with Crippen LogP contribution in [0.1, 0.15) is 40.4 Å². The summed E-state index contributed by atoms with van der Waals surface area (Å²) < 4.78 is 0. The molecule has 0 saturated carbocycles. The molecule has 20 heavy (non-hydrogen) atoms. The maximum absolute atomic E-state index is 12.5. The smallest absolute Gasteiger partial charge is 0.263 e. The van der Waals surface area contributed by atoms with Gasteiger partial charge in [0.25, 0.3) is 5.91 Å². The molecule has 1 aliphatic rings. The van der Waals surface area contributed by atoms with Crippen molar-refractivity contribution in [2.75, 3.05) is 19.7 Å². The van der Waals surface area contributed by atoms with E-state index >= 15 is 0 Å². The minimum Gasteiger partial charge on any atom is -0.384 e. The highest BCUT2D eigenvalue weighted by Crippen LogP contribution is 2.28. The Kier molecular flexibility index (Phi) is 4.85. The third kappa shape index (κ3) is 3.23. The van der Waals surface area contributed by atoms with Crippen LogP contribution in [0.15, 0.2) is 6.07 Å². The maximum atomic E-state index is 12.5. The summed E-state index contributed by atoms with van der Waals surface area (Å²) in [5.41, 5.74) is 1.01. The molecule has 1 aromatic heterocycles. The van der Waals surface area contributed by atoms with Gasteiger partial charge in [0.05, 0.1) is 9.75 Å². The highest BCUT2D eigenvalue weighted by atomic mass is 32.1. The molecule has 1 unspecified atom stereocenters. The number of hydrogen-bond donors (Lipinski definition) is 1. The molecule has 1 N–H and O–H groups in total. The number of aliphatic hydroxyl groups excluding tert-OH is 1. The fourth-order valence-corrected chi connectivity index (χ4v) is 3.52. The molecule has 108 valence electrons. The highest BCUT2D eigenvalue weighted by molar-refractivity contribution is 7.14. The molecular formula is C16H21NO2S. The van der Waals surface area contributed by atoms with Crippen LogP contribution in [0.25, 0.3) is 0 Å². The average Bonchev–Trinajstić information content (AvgIpc) is 3.02. The quantitative estimate of drug-likeness (QED) is 0.851. The largest absolute Gasteiger partial charge is 0.384 e. The Morgan fingerprint density at radius 2 is 2.35 bits per heavy atom. The van der Waals surface area contributed by atoms with Crippen molar-refractivity contribution in [3.05, 3.63) is 21.4 Å². The van der Waals surface area contributed by atoms with E-state index in [9.17, 15) is 4.79 Å². The Bertz CT molecular complexity index is 551. The van der Waals surface area contributed by atoms with E-state index in [2.05, 4.69) is 25.7 Å². The molecule has 4 heteroatoms. The molecule has 1 aromatic rings. The fraction of sp³-hybridized carbons (Fsp3) is 0.562. The number of amides is 1. The molecule has 0 bridgehead atoms. The SMILES string of the molecule is Cc1cc(C(=O)N2CCC(C(C)C)C2)sc1C#CCO. The third-order valence-corrected chi connectivity index (χ3v) is 5.00. The topological polar surface area (TPSA) is 40.5 Å². The monoisotopic (exact) mass is 291 g/mol. The van der Waals surface area contributed by atoms with Gasteiger partial charge in [-0.1, -0.05) is 25.7 Å². The molecular weight excluding hydrogens is 270 g/mol. The lowest BCUT2D eigenvalue weighted by atomic mass is 9.95. The summed E-state index contributed by atoms with van der Waals surface area (Å²) in [6.07, 6.45) is 1.10. The zero-order valence-electron chi connectivity index (χ0n) is 12.3. The first-order valence-corrected chi connectivity index (χ1v) is 7.84. The fourth-order valence-electron chi connectivity index (χ4n) is 2.50. The predicted octanol–water partition coefficient (Wildman–Crippen LogP) is 2.52. The van der Waals surface area contributed by atoms with Gasteiger partial charge in [-0.2, -0.15) is 0 Å². The number of hydrogen-bond acceptors (Lipinski definition) is 3. The van der Waals surface area contributed by atoms with Gasteiger partial charge in [0.1, 0.15) is 6.61 Å². The number of nitrogens with zero attached hydrogens (tertiary/aromatic N) is 1. The van der Waals surface area contributed by atoms with E-state index in [1.165, 1.54) is 11.3 Å². The van der Waals surface area contributed by atoms with Crippen molar-refractivity contribution in [3.8, 4) is 11.8 Å². The first-order chi connectivity index (χ1) is 9.52. The van der Waals surface area contributed by atoms with E-state index in [4.69, 9.17) is 5.11 Å². The Balaban J connectivity index is 2.10. The molecule has 0 spiro atoms. The summed E-state index contributed by atoms with van der Waals surface area (Å²) in [4.78, 5) is 16.1. The van der Waals surface area contributed by atoms with E-state index in [1.54, 1.807) is 0 Å². The van der Waals surface area contributed by atoms with Crippen molar-refractivity contribution in [3.63, 3.8) is 0 Å². The Morgan fingerprint density at radius 1 is 1.60 bits per heavy atom. The molecule has 1 atom stereocenters. The zero-order chi connectivity index (χ0) is 14.7. The molecule has 0 aliphatic carbocycles. The number of carbonyl (C=O) groups excluding carboxylic acids is 1. The van der Waals surface area contributed by atoms with E-state index in [-0.39, 0.29) is 12.5 Å². The van der Waals surface area contributed by atoms with E-state index in [1.807, 2.05) is 17.9 Å². The van der Waals surface area contributed by atoms with E-state index in [0.29, 0.717) is 11.8 Å². The molecule has 2 heterocycles. The van der Waals surface area contributed by atoms with Gasteiger partial charge < -0.3 is 10.0 Å². The van der Waals surface area contributed by atoms with Crippen LogP contribution in [0.5, 0.6) is 0 Å².